The van der Waals surface area contributed by atoms with E-state index < -0.39 is 0 Å². The predicted octanol–water partition coefficient (Wildman–Crippen LogP) is 3.76. The summed E-state index contributed by atoms with van der Waals surface area (Å²) in [6.07, 6.45) is 0. The molecule has 0 bridgehead atoms. The summed E-state index contributed by atoms with van der Waals surface area (Å²) < 4.78 is 5.62. The van der Waals surface area contributed by atoms with E-state index in [0.29, 0.717) is 24.7 Å². The van der Waals surface area contributed by atoms with Gasteiger partial charge in [0.25, 0.3) is 5.69 Å². The van der Waals surface area contributed by atoms with Crippen LogP contribution in [0.25, 0.3) is 0 Å². The van der Waals surface area contributed by atoms with Gasteiger partial charge in [0.05, 0.1) is 4.92 Å². The molecule has 0 aliphatic rings. The fourth-order valence-corrected chi connectivity index (χ4v) is 2.22. The number of halogens is 1. The third-order valence-electron chi connectivity index (χ3n) is 3.11. The molecule has 0 radical (unpaired) electrons. The highest BCUT2D eigenvalue weighted by atomic mass is 35.5. The Morgan fingerprint density at radius 1 is 1.23 bits per heavy atom. The van der Waals surface area contributed by atoms with E-state index in [1.54, 1.807) is 24.3 Å². The van der Waals surface area contributed by atoms with Crippen molar-refractivity contribution in [3.05, 3.63) is 69.2 Å². The van der Waals surface area contributed by atoms with Gasteiger partial charge in [0.1, 0.15) is 12.4 Å². The summed E-state index contributed by atoms with van der Waals surface area (Å²) in [4.78, 5) is 12.4. The van der Waals surface area contributed by atoms with Crippen molar-refractivity contribution in [2.45, 2.75) is 6.54 Å². The lowest BCUT2D eigenvalue weighted by Gasteiger charge is -2.17. The Kier molecular flexibility index (Phi) is 5.75. The van der Waals surface area contributed by atoms with E-state index in [4.69, 9.17) is 16.3 Å². The number of likely N-dealkylation sites (N-methyl/N-ethyl adjacent to an activating group) is 1. The Morgan fingerprint density at radius 3 is 2.73 bits per heavy atom. The van der Waals surface area contributed by atoms with Gasteiger partial charge in [-0.1, -0.05) is 29.8 Å². The van der Waals surface area contributed by atoms with Crippen molar-refractivity contribution >= 4 is 17.3 Å². The second-order valence-corrected chi connectivity index (χ2v) is 5.41. The second kappa shape index (κ2) is 7.77. The van der Waals surface area contributed by atoms with E-state index in [-0.39, 0.29) is 10.6 Å². The highest BCUT2D eigenvalue weighted by Crippen LogP contribution is 2.17. The third-order valence-corrected chi connectivity index (χ3v) is 3.35. The molecular formula is C16H17ClN2O3. The van der Waals surface area contributed by atoms with Crippen LogP contribution in [0.15, 0.2) is 48.5 Å². The van der Waals surface area contributed by atoms with Crippen LogP contribution in [0.1, 0.15) is 5.56 Å². The first kappa shape index (κ1) is 16.3. The van der Waals surface area contributed by atoms with Crippen molar-refractivity contribution in [3.63, 3.8) is 0 Å². The smallest absolute Gasteiger partial charge is 0.269 e. The zero-order valence-corrected chi connectivity index (χ0v) is 13.0. The molecule has 0 N–H and O–H groups in total. The van der Waals surface area contributed by atoms with Crippen LogP contribution in [0, 0.1) is 10.1 Å². The van der Waals surface area contributed by atoms with E-state index in [1.165, 1.54) is 6.07 Å². The van der Waals surface area contributed by atoms with E-state index in [9.17, 15) is 10.1 Å². The average Bonchev–Trinajstić information content (AvgIpc) is 2.47. The molecule has 0 amide bonds. The largest absolute Gasteiger partial charge is 0.492 e. The predicted molar refractivity (Wildman–Crippen MR) is 86.4 cm³/mol. The maximum absolute atomic E-state index is 10.8. The lowest BCUT2D eigenvalue weighted by atomic mass is 10.2. The van der Waals surface area contributed by atoms with Gasteiger partial charge in [-0.2, -0.15) is 0 Å². The molecule has 0 heterocycles. The number of nitrogens with zero attached hydrogens (tertiary/aromatic N) is 2. The fourth-order valence-electron chi connectivity index (χ4n) is 2.04. The second-order valence-electron chi connectivity index (χ2n) is 4.97. The van der Waals surface area contributed by atoms with Crippen LogP contribution in [0.4, 0.5) is 5.69 Å². The molecule has 5 nitrogen and oxygen atoms in total. The van der Waals surface area contributed by atoms with Gasteiger partial charge in [0.15, 0.2) is 0 Å². The van der Waals surface area contributed by atoms with Gasteiger partial charge in [0.2, 0.25) is 0 Å². The number of nitro groups is 1. The minimum atomic E-state index is -0.383. The van der Waals surface area contributed by atoms with E-state index in [2.05, 4.69) is 0 Å². The number of ether oxygens (including phenoxy) is 1. The van der Waals surface area contributed by atoms with Crippen LogP contribution in [0.2, 0.25) is 5.02 Å². The van der Waals surface area contributed by atoms with Crippen molar-refractivity contribution in [2.24, 2.45) is 0 Å². The van der Waals surface area contributed by atoms with Crippen LogP contribution in [0.5, 0.6) is 5.75 Å². The third kappa shape index (κ3) is 5.02. The number of rotatable bonds is 7. The highest BCUT2D eigenvalue weighted by molar-refractivity contribution is 6.30. The number of hydrogen-bond donors (Lipinski definition) is 0. The van der Waals surface area contributed by atoms with Crippen molar-refractivity contribution in [1.29, 1.82) is 0 Å². The van der Waals surface area contributed by atoms with E-state index in [0.717, 1.165) is 11.3 Å². The molecule has 0 saturated heterocycles. The topological polar surface area (TPSA) is 55.6 Å². The molecule has 22 heavy (non-hydrogen) atoms. The van der Waals surface area contributed by atoms with Crippen molar-refractivity contribution in [3.8, 4) is 5.75 Å². The summed E-state index contributed by atoms with van der Waals surface area (Å²) in [6, 6.07) is 13.9. The molecule has 0 saturated carbocycles. The standard InChI is InChI=1S/C16H17ClN2O3/c1-18(8-9-22-16-7-3-5-14(17)11-16)12-13-4-2-6-15(10-13)19(20)21/h2-7,10-11H,8-9,12H2,1H3. The molecule has 0 atom stereocenters. The number of benzene rings is 2. The van der Waals surface area contributed by atoms with Crippen LogP contribution in [-0.4, -0.2) is 30.0 Å². The number of non-ortho nitro benzene ring substituents is 1. The quantitative estimate of drug-likeness (QED) is 0.576. The Labute approximate surface area is 134 Å². The highest BCUT2D eigenvalue weighted by Gasteiger charge is 2.07. The van der Waals surface area contributed by atoms with Gasteiger partial charge in [-0.25, -0.2) is 0 Å². The first-order valence-corrected chi connectivity index (χ1v) is 7.22. The molecule has 0 aliphatic carbocycles. The lowest BCUT2D eigenvalue weighted by molar-refractivity contribution is -0.384. The van der Waals surface area contributed by atoms with Crippen LogP contribution in [0.3, 0.4) is 0 Å². The Balaban J connectivity index is 1.81. The van der Waals surface area contributed by atoms with Crippen LogP contribution in [-0.2, 0) is 6.54 Å². The minimum absolute atomic E-state index is 0.112. The van der Waals surface area contributed by atoms with Gasteiger partial charge in [0, 0.05) is 30.2 Å². The molecule has 116 valence electrons. The van der Waals surface area contributed by atoms with Crippen molar-refractivity contribution in [1.82, 2.24) is 4.90 Å². The minimum Gasteiger partial charge on any atom is -0.492 e. The molecule has 2 aromatic rings. The molecular weight excluding hydrogens is 304 g/mol. The summed E-state index contributed by atoms with van der Waals surface area (Å²) in [5, 5.41) is 11.4. The first-order chi connectivity index (χ1) is 10.5. The lowest BCUT2D eigenvalue weighted by Crippen LogP contribution is -2.23. The molecule has 0 aromatic heterocycles. The molecule has 2 rings (SSSR count). The average molecular weight is 321 g/mol. The maximum atomic E-state index is 10.8. The fraction of sp³-hybridized carbons (Fsp3) is 0.250. The van der Waals surface area contributed by atoms with E-state index in [1.807, 2.05) is 30.1 Å². The summed E-state index contributed by atoms with van der Waals surface area (Å²) in [6.45, 7) is 1.85. The first-order valence-electron chi connectivity index (χ1n) is 6.85. The van der Waals surface area contributed by atoms with Crippen molar-refractivity contribution < 1.29 is 9.66 Å². The molecule has 0 spiro atoms. The summed E-state index contributed by atoms with van der Waals surface area (Å²) in [5.41, 5.74) is 1.01. The zero-order valence-electron chi connectivity index (χ0n) is 12.2. The summed E-state index contributed by atoms with van der Waals surface area (Å²) in [5.74, 6) is 0.733. The number of nitro benzene ring substituents is 1. The molecule has 0 unspecified atom stereocenters. The zero-order chi connectivity index (χ0) is 15.9. The molecule has 0 fully saturated rings. The maximum Gasteiger partial charge on any atom is 0.269 e. The molecule has 0 aliphatic heterocycles. The summed E-state index contributed by atoms with van der Waals surface area (Å²) >= 11 is 5.89. The Morgan fingerprint density at radius 2 is 2.00 bits per heavy atom. The molecule has 6 heteroatoms. The summed E-state index contributed by atoms with van der Waals surface area (Å²) in [7, 11) is 1.94. The molecule has 2 aromatic carbocycles. The van der Waals surface area contributed by atoms with Crippen molar-refractivity contribution in [2.75, 3.05) is 20.2 Å². The van der Waals surface area contributed by atoms with Crippen LogP contribution >= 0.6 is 11.6 Å². The van der Waals surface area contributed by atoms with E-state index >= 15 is 0 Å². The Hall–Kier alpha value is -2.11. The Bertz CT molecular complexity index is 649. The number of hydrogen-bond acceptors (Lipinski definition) is 4. The van der Waals surface area contributed by atoms with Gasteiger partial charge < -0.3 is 4.74 Å². The van der Waals surface area contributed by atoms with Gasteiger partial charge >= 0.3 is 0 Å². The SMILES string of the molecule is CN(CCOc1cccc(Cl)c1)Cc1cccc([N+](=O)[O-])c1. The van der Waals surface area contributed by atoms with Gasteiger partial charge in [-0.15, -0.1) is 0 Å². The normalized spacial score (nSPS) is 10.7. The van der Waals surface area contributed by atoms with Crippen LogP contribution < -0.4 is 4.74 Å². The van der Waals surface area contributed by atoms with Gasteiger partial charge in [-0.05, 0) is 30.8 Å². The monoisotopic (exact) mass is 320 g/mol. The van der Waals surface area contributed by atoms with Gasteiger partial charge in [-0.3, -0.25) is 15.0 Å².